The monoisotopic (exact) mass is 570 g/mol. The van der Waals surface area contributed by atoms with Crippen molar-refractivity contribution in [3.05, 3.63) is 60.2 Å². The molecular weight excluding hydrogens is 536 g/mol. The van der Waals surface area contributed by atoms with Gasteiger partial charge in [0.1, 0.15) is 17.9 Å². The van der Waals surface area contributed by atoms with Gasteiger partial charge < -0.3 is 19.3 Å². The molecule has 0 radical (unpaired) electrons. The number of carbonyl (C=O) groups is 2. The summed E-state index contributed by atoms with van der Waals surface area (Å²) in [6, 6.07) is 14.2. The number of amides is 2. The number of likely N-dealkylation sites (tertiary alicyclic amines) is 1. The zero-order valence-corrected chi connectivity index (χ0v) is 23.3. The molecule has 0 aromatic heterocycles. The van der Waals surface area contributed by atoms with E-state index in [-0.39, 0.29) is 35.9 Å². The Morgan fingerprint density at radius 2 is 1.77 bits per heavy atom. The Morgan fingerprint density at radius 1 is 1.10 bits per heavy atom. The third-order valence-electron chi connectivity index (χ3n) is 7.88. The van der Waals surface area contributed by atoms with Gasteiger partial charge in [0.2, 0.25) is 15.9 Å². The highest BCUT2D eigenvalue weighted by atomic mass is 32.2. The average Bonchev–Trinajstić information content (AvgIpc) is 2.95. The fourth-order valence-corrected chi connectivity index (χ4v) is 6.76. The van der Waals surface area contributed by atoms with Crippen LogP contribution in [-0.4, -0.2) is 81.9 Å². The van der Waals surface area contributed by atoms with Gasteiger partial charge in [0.25, 0.3) is 5.91 Å². The molecule has 1 unspecified atom stereocenters. The molecule has 5 rings (SSSR count). The zero-order chi connectivity index (χ0) is 28.5. The van der Waals surface area contributed by atoms with Gasteiger partial charge in [0.15, 0.2) is 0 Å². The normalized spacial score (nSPS) is 20.7. The first-order chi connectivity index (χ1) is 19.1. The number of hydrogen-bond acceptors (Lipinski definition) is 8. The van der Waals surface area contributed by atoms with Crippen LogP contribution in [0.15, 0.2) is 59.5 Å². The lowest BCUT2D eigenvalue weighted by Crippen LogP contribution is -2.77. The molecule has 3 aliphatic heterocycles. The highest BCUT2D eigenvalue weighted by Crippen LogP contribution is 2.34. The Morgan fingerprint density at radius 3 is 2.45 bits per heavy atom. The van der Waals surface area contributed by atoms with E-state index in [0.29, 0.717) is 38.4 Å². The molecule has 3 N–H and O–H groups in total. The van der Waals surface area contributed by atoms with Crippen molar-refractivity contribution in [3.63, 3.8) is 0 Å². The molecule has 0 saturated carbocycles. The van der Waals surface area contributed by atoms with Crippen molar-refractivity contribution in [1.29, 1.82) is 0 Å². The quantitative estimate of drug-likeness (QED) is 0.323. The summed E-state index contributed by atoms with van der Waals surface area (Å²) < 4.78 is 40.1. The van der Waals surface area contributed by atoms with Crippen LogP contribution >= 0.6 is 0 Å². The summed E-state index contributed by atoms with van der Waals surface area (Å²) in [7, 11) is -2.12. The molecule has 0 spiro atoms. The molecule has 214 valence electrons. The van der Waals surface area contributed by atoms with E-state index in [1.807, 2.05) is 25.2 Å². The maximum absolute atomic E-state index is 13.2. The number of sulfonamides is 1. The highest BCUT2D eigenvalue weighted by molar-refractivity contribution is 7.89. The fraction of sp³-hybridized carbons (Fsp3) is 0.429. The Hall–Kier alpha value is -3.45. The Bertz CT molecular complexity index is 1400. The number of hydrogen-bond donors (Lipinski definition) is 3. The lowest BCUT2D eigenvalue weighted by Gasteiger charge is -2.49. The number of likely N-dealkylation sites (N-methyl/N-ethyl adjacent to an activating group) is 1. The second kappa shape index (κ2) is 11.2. The van der Waals surface area contributed by atoms with Gasteiger partial charge >= 0.3 is 0 Å². The second-order valence-electron chi connectivity index (χ2n) is 10.5. The molecule has 0 bridgehead atoms. The van der Waals surface area contributed by atoms with Gasteiger partial charge in [-0.1, -0.05) is 24.3 Å². The maximum atomic E-state index is 13.2. The molecule has 1 atom stereocenters. The van der Waals surface area contributed by atoms with Crippen LogP contribution in [0.25, 0.3) is 5.57 Å². The molecular formula is C28H34N4O7S. The number of nitrogens with zero attached hydrogens (tertiary/aromatic N) is 2. The van der Waals surface area contributed by atoms with E-state index in [0.717, 1.165) is 16.8 Å². The van der Waals surface area contributed by atoms with Gasteiger partial charge in [-0.3, -0.25) is 14.8 Å². The highest BCUT2D eigenvalue weighted by Gasteiger charge is 2.54. The molecule has 2 aromatic rings. The molecule has 3 aliphatic rings. The average molecular weight is 571 g/mol. The first kappa shape index (κ1) is 28.1. The van der Waals surface area contributed by atoms with Crippen LogP contribution in [0.4, 0.5) is 5.69 Å². The van der Waals surface area contributed by atoms with E-state index in [2.05, 4.69) is 28.7 Å². The third-order valence-corrected chi connectivity index (χ3v) is 9.43. The molecule has 12 heteroatoms. The lowest BCUT2D eigenvalue weighted by molar-refractivity contribution is -0.155. The number of para-hydroxylation sites is 1. The van der Waals surface area contributed by atoms with Gasteiger partial charge in [-0.2, -0.15) is 4.72 Å². The van der Waals surface area contributed by atoms with E-state index in [9.17, 15) is 23.2 Å². The lowest BCUT2D eigenvalue weighted by atomic mass is 9.87. The second-order valence-corrected chi connectivity index (χ2v) is 12.2. The summed E-state index contributed by atoms with van der Waals surface area (Å²) in [5.41, 5.74) is 3.11. The van der Waals surface area contributed by atoms with Crippen LogP contribution in [0.2, 0.25) is 0 Å². The predicted molar refractivity (Wildman–Crippen MR) is 147 cm³/mol. The largest absolute Gasteiger partial charge is 0.489 e. The maximum Gasteiger partial charge on any atom is 0.268 e. The summed E-state index contributed by atoms with van der Waals surface area (Å²) in [6.07, 6.45) is 3.30. The number of anilines is 1. The van der Waals surface area contributed by atoms with E-state index >= 15 is 0 Å². The minimum absolute atomic E-state index is 0.0726. The van der Waals surface area contributed by atoms with Crippen LogP contribution in [0.5, 0.6) is 5.75 Å². The summed E-state index contributed by atoms with van der Waals surface area (Å²) in [6.45, 7) is 3.03. The summed E-state index contributed by atoms with van der Waals surface area (Å²) in [5, 5.41) is 9.29. The van der Waals surface area contributed by atoms with Crippen LogP contribution in [0.3, 0.4) is 0 Å². The summed E-state index contributed by atoms with van der Waals surface area (Å²) >= 11 is 0. The van der Waals surface area contributed by atoms with Crippen LogP contribution in [0, 0.1) is 5.92 Å². The number of nitrogens with one attached hydrogen (secondary N) is 2. The smallest absolute Gasteiger partial charge is 0.268 e. The minimum atomic E-state index is -4.17. The molecule has 3 heterocycles. The van der Waals surface area contributed by atoms with Crippen molar-refractivity contribution in [2.75, 3.05) is 44.9 Å². The van der Waals surface area contributed by atoms with Gasteiger partial charge in [-0.15, -0.1) is 0 Å². The standard InChI is InChI=1S/C28H34N4O7S/c1-19-15-21(24-5-3-4-6-25(24)31(19)2)16-39-22-7-9-23(10-8-22)40(36,37)30-28(27(34)29-35)17-32(18-28)26(33)20-11-13-38-14-12-20/h3-10,15,19-20,30,35H,11-14,16-18H2,1-2H3,(H,29,34). The fourth-order valence-electron chi connectivity index (χ4n) is 5.41. The third kappa shape index (κ3) is 5.44. The Balaban J connectivity index is 1.24. The predicted octanol–water partition coefficient (Wildman–Crippen LogP) is 1.78. The van der Waals surface area contributed by atoms with Gasteiger partial charge in [0, 0.05) is 43.5 Å². The molecule has 2 saturated heterocycles. The van der Waals surface area contributed by atoms with E-state index < -0.39 is 21.5 Å². The van der Waals surface area contributed by atoms with Gasteiger partial charge in [-0.25, -0.2) is 13.9 Å². The SMILES string of the molecule is CC1C=C(COc2ccc(S(=O)(=O)NC3(C(=O)NO)CN(C(=O)C4CCOCC4)C3)cc2)c2ccccc2N1C. The van der Waals surface area contributed by atoms with Crippen molar-refractivity contribution in [2.45, 2.75) is 36.2 Å². The van der Waals surface area contributed by atoms with Crippen molar-refractivity contribution in [2.24, 2.45) is 5.92 Å². The number of ether oxygens (including phenoxy) is 2. The topological polar surface area (TPSA) is 138 Å². The number of fused-ring (bicyclic) bond motifs is 1. The molecule has 0 aliphatic carbocycles. The molecule has 11 nitrogen and oxygen atoms in total. The number of carbonyl (C=O) groups excluding carboxylic acids is 2. The number of benzene rings is 2. The van der Waals surface area contributed by atoms with Crippen molar-refractivity contribution in [3.8, 4) is 5.75 Å². The van der Waals surface area contributed by atoms with Crippen LogP contribution < -0.4 is 19.8 Å². The zero-order valence-electron chi connectivity index (χ0n) is 22.5. The number of rotatable bonds is 8. The Kier molecular flexibility index (Phi) is 7.87. The Labute approximate surface area is 233 Å². The van der Waals surface area contributed by atoms with E-state index in [4.69, 9.17) is 9.47 Å². The molecule has 2 fully saturated rings. The first-order valence-electron chi connectivity index (χ1n) is 13.2. The minimum Gasteiger partial charge on any atom is -0.489 e. The van der Waals surface area contributed by atoms with Crippen LogP contribution in [-0.2, 0) is 24.3 Å². The summed E-state index contributed by atoms with van der Waals surface area (Å²) in [5.74, 6) is -0.811. The van der Waals surface area contributed by atoms with Crippen LogP contribution in [0.1, 0.15) is 25.3 Å². The molecule has 2 aromatic carbocycles. The first-order valence-corrected chi connectivity index (χ1v) is 14.7. The van der Waals surface area contributed by atoms with Crippen molar-refractivity contribution >= 4 is 33.1 Å². The molecule has 40 heavy (non-hydrogen) atoms. The van der Waals surface area contributed by atoms with Crippen molar-refractivity contribution in [1.82, 2.24) is 15.1 Å². The van der Waals surface area contributed by atoms with E-state index in [1.54, 1.807) is 12.1 Å². The molecule has 2 amide bonds. The van der Waals surface area contributed by atoms with Gasteiger partial charge in [0.05, 0.1) is 18.0 Å². The summed E-state index contributed by atoms with van der Waals surface area (Å²) in [4.78, 5) is 28.9. The van der Waals surface area contributed by atoms with E-state index in [1.165, 1.54) is 22.5 Å². The van der Waals surface area contributed by atoms with Crippen molar-refractivity contribution < 1.29 is 32.7 Å². The number of hydroxylamine groups is 1. The van der Waals surface area contributed by atoms with Gasteiger partial charge in [-0.05, 0) is 55.7 Å².